The van der Waals surface area contributed by atoms with Crippen molar-refractivity contribution in [3.63, 3.8) is 0 Å². The Morgan fingerprint density at radius 1 is 0.634 bits per heavy atom. The van der Waals surface area contributed by atoms with E-state index in [0.717, 1.165) is 54.5 Å². The Kier molecular flexibility index (Phi) is 9.01. The van der Waals surface area contributed by atoms with E-state index in [-0.39, 0.29) is 0 Å². The number of hydrogen-bond acceptors (Lipinski definition) is 7. The monoisotopic (exact) mass is 560 g/mol. The zero-order chi connectivity index (χ0) is 28.1. The van der Waals surface area contributed by atoms with E-state index in [4.69, 9.17) is 28.4 Å². The lowest BCUT2D eigenvalue weighted by Gasteiger charge is -2.45. The number of rotatable bonds is 10. The molecule has 0 bridgehead atoms. The van der Waals surface area contributed by atoms with E-state index in [9.17, 15) is 5.11 Å². The summed E-state index contributed by atoms with van der Waals surface area (Å²) >= 11 is 0. The van der Waals surface area contributed by atoms with Crippen LogP contribution in [0.4, 0.5) is 0 Å². The summed E-state index contributed by atoms with van der Waals surface area (Å²) in [5, 5.41) is 11.8. The largest absolute Gasteiger partial charge is 0.497 e. The molecule has 1 aliphatic heterocycles. The molecule has 7 nitrogen and oxygen atoms in total. The predicted octanol–water partition coefficient (Wildman–Crippen LogP) is 5.57. The van der Waals surface area contributed by atoms with E-state index in [1.165, 1.54) is 0 Å². The van der Waals surface area contributed by atoms with Crippen LogP contribution in [0.3, 0.4) is 0 Å². The number of methoxy groups -OCH3 is 1. The van der Waals surface area contributed by atoms with Crippen molar-refractivity contribution in [3.05, 3.63) is 102 Å². The summed E-state index contributed by atoms with van der Waals surface area (Å²) in [5.74, 6) is 0.0877. The molecule has 6 atom stereocenters. The first-order chi connectivity index (χ1) is 20.1. The van der Waals surface area contributed by atoms with E-state index in [0.29, 0.717) is 19.8 Å². The molecule has 0 unspecified atom stereocenters. The molecule has 0 amide bonds. The average molecular weight is 561 g/mol. The van der Waals surface area contributed by atoms with E-state index >= 15 is 0 Å². The minimum Gasteiger partial charge on any atom is -0.497 e. The van der Waals surface area contributed by atoms with Crippen molar-refractivity contribution in [2.75, 3.05) is 7.11 Å². The smallest absolute Gasteiger partial charge is 0.169 e. The van der Waals surface area contributed by atoms with E-state index in [1.54, 1.807) is 7.11 Å². The van der Waals surface area contributed by atoms with Gasteiger partial charge in [0.05, 0.1) is 26.9 Å². The fraction of sp³-hybridized carbons (Fsp3) is 0.471. The van der Waals surface area contributed by atoms with Gasteiger partial charge in [-0.3, -0.25) is 0 Å². The molecule has 3 aliphatic rings. The van der Waals surface area contributed by atoms with Crippen molar-refractivity contribution in [2.45, 2.75) is 94.3 Å². The van der Waals surface area contributed by atoms with Gasteiger partial charge in [0.1, 0.15) is 42.4 Å². The summed E-state index contributed by atoms with van der Waals surface area (Å²) in [4.78, 5) is 0. The highest BCUT2D eigenvalue weighted by molar-refractivity contribution is 5.27. The minimum absolute atomic E-state index is 0.321. The van der Waals surface area contributed by atoms with Gasteiger partial charge in [-0.15, -0.1) is 0 Å². The third-order valence-electron chi connectivity index (χ3n) is 8.46. The molecule has 1 N–H and O–H groups in total. The Morgan fingerprint density at radius 2 is 1.15 bits per heavy atom. The molecule has 0 radical (unpaired) electrons. The fourth-order valence-corrected chi connectivity index (χ4v) is 6.28. The number of fused-ring (bicyclic) bond motifs is 1. The van der Waals surface area contributed by atoms with Crippen molar-refractivity contribution < 1.29 is 33.5 Å². The average Bonchev–Trinajstić information content (AvgIpc) is 3.39. The zero-order valence-corrected chi connectivity index (χ0v) is 23.6. The Bertz CT molecular complexity index is 1210. The molecule has 3 aromatic carbocycles. The van der Waals surface area contributed by atoms with E-state index in [1.807, 2.05) is 84.9 Å². The van der Waals surface area contributed by atoms with Crippen LogP contribution in [0.5, 0.6) is 5.75 Å². The van der Waals surface area contributed by atoms with Crippen molar-refractivity contribution in [1.82, 2.24) is 0 Å². The number of aliphatic hydroxyl groups is 1. The Morgan fingerprint density at radius 3 is 1.73 bits per heavy atom. The molecule has 1 saturated heterocycles. The summed E-state index contributed by atoms with van der Waals surface area (Å²) in [7, 11) is 1.65. The van der Waals surface area contributed by atoms with Crippen LogP contribution in [0.2, 0.25) is 0 Å². The van der Waals surface area contributed by atoms with Crippen LogP contribution in [0.15, 0.2) is 84.9 Å². The second-order valence-corrected chi connectivity index (χ2v) is 11.3. The van der Waals surface area contributed by atoms with Crippen molar-refractivity contribution >= 4 is 0 Å². The first-order valence-electron chi connectivity index (χ1n) is 14.7. The minimum atomic E-state index is -0.942. The van der Waals surface area contributed by atoms with E-state index < -0.39 is 42.4 Å². The summed E-state index contributed by atoms with van der Waals surface area (Å²) < 4.78 is 38.4. The molecule has 6 rings (SSSR count). The van der Waals surface area contributed by atoms with Crippen LogP contribution in [-0.4, -0.2) is 54.6 Å². The van der Waals surface area contributed by atoms with Gasteiger partial charge in [0.25, 0.3) is 0 Å². The summed E-state index contributed by atoms with van der Waals surface area (Å²) in [6.45, 7) is 1.04. The Labute approximate surface area is 242 Å². The third-order valence-corrected chi connectivity index (χ3v) is 8.46. The van der Waals surface area contributed by atoms with Crippen LogP contribution in [0.1, 0.15) is 48.8 Å². The van der Waals surface area contributed by atoms with Gasteiger partial charge < -0.3 is 33.5 Å². The van der Waals surface area contributed by atoms with Gasteiger partial charge in [0.2, 0.25) is 0 Å². The first-order valence-corrected chi connectivity index (χ1v) is 14.7. The second-order valence-electron chi connectivity index (χ2n) is 11.3. The van der Waals surface area contributed by atoms with Gasteiger partial charge >= 0.3 is 0 Å². The highest BCUT2D eigenvalue weighted by Crippen LogP contribution is 2.46. The zero-order valence-electron chi connectivity index (χ0n) is 23.6. The van der Waals surface area contributed by atoms with Crippen LogP contribution >= 0.6 is 0 Å². The Hall–Kier alpha value is -2.78. The molecule has 3 aromatic rings. The molecular weight excluding hydrogens is 520 g/mol. The number of aliphatic hydroxyl groups excluding tert-OH is 1. The van der Waals surface area contributed by atoms with Gasteiger partial charge in [0.15, 0.2) is 5.79 Å². The lowest BCUT2D eigenvalue weighted by Crippen LogP contribution is -2.64. The van der Waals surface area contributed by atoms with Gasteiger partial charge in [-0.25, -0.2) is 0 Å². The highest BCUT2D eigenvalue weighted by atomic mass is 16.8. The lowest BCUT2D eigenvalue weighted by molar-refractivity contribution is -0.241. The summed E-state index contributed by atoms with van der Waals surface area (Å²) in [6.07, 6.45) is 1.08. The van der Waals surface area contributed by atoms with Crippen LogP contribution < -0.4 is 4.74 Å². The number of hydrogen-bond donors (Lipinski definition) is 1. The van der Waals surface area contributed by atoms with Gasteiger partial charge in [0, 0.05) is 12.8 Å². The SMILES string of the molecule is COc1ccc(CO[C@@H]2[C@@H](OCc3ccccc3)[C@@H]3OC4(CCCCC4)O[C@@H]3[C@H](O)[C@H]2OCc2ccccc2)cc1. The van der Waals surface area contributed by atoms with E-state index in [2.05, 4.69) is 0 Å². The highest BCUT2D eigenvalue weighted by Gasteiger charge is 2.61. The van der Waals surface area contributed by atoms with Crippen LogP contribution in [0, 0.1) is 0 Å². The van der Waals surface area contributed by atoms with Crippen LogP contribution in [0.25, 0.3) is 0 Å². The molecule has 1 spiro atoms. The molecule has 7 heteroatoms. The van der Waals surface area contributed by atoms with Crippen molar-refractivity contribution in [3.8, 4) is 5.75 Å². The molecule has 2 saturated carbocycles. The first kappa shape index (κ1) is 28.3. The van der Waals surface area contributed by atoms with Gasteiger partial charge in [-0.2, -0.15) is 0 Å². The summed E-state index contributed by atoms with van der Waals surface area (Å²) in [5.41, 5.74) is 3.06. The van der Waals surface area contributed by atoms with Crippen LogP contribution in [-0.2, 0) is 43.5 Å². The third kappa shape index (κ3) is 6.51. The lowest BCUT2D eigenvalue weighted by atomic mass is 9.84. The maximum atomic E-state index is 11.8. The Balaban J connectivity index is 1.29. The fourth-order valence-electron chi connectivity index (χ4n) is 6.28. The second kappa shape index (κ2) is 13.0. The molecular formula is C34H40O7. The van der Waals surface area contributed by atoms with Crippen molar-refractivity contribution in [2.24, 2.45) is 0 Å². The maximum absolute atomic E-state index is 11.8. The molecule has 2 aliphatic carbocycles. The number of benzene rings is 3. The van der Waals surface area contributed by atoms with Gasteiger partial charge in [-0.1, -0.05) is 79.2 Å². The number of ether oxygens (including phenoxy) is 6. The van der Waals surface area contributed by atoms with Crippen molar-refractivity contribution in [1.29, 1.82) is 0 Å². The molecule has 218 valence electrons. The maximum Gasteiger partial charge on any atom is 0.169 e. The molecule has 1 heterocycles. The quantitative estimate of drug-likeness (QED) is 0.348. The normalized spacial score (nSPS) is 28.8. The molecule has 41 heavy (non-hydrogen) atoms. The predicted molar refractivity (Wildman–Crippen MR) is 153 cm³/mol. The molecule has 3 fully saturated rings. The summed E-state index contributed by atoms with van der Waals surface area (Å²) in [6, 6.07) is 27.8. The molecule has 0 aromatic heterocycles. The van der Waals surface area contributed by atoms with Gasteiger partial charge in [-0.05, 0) is 41.7 Å². The standard InChI is InChI=1S/C34H40O7/c1-36-27-17-15-26(16-18-27)23-38-31-29(37-21-24-11-5-2-6-12-24)28(35)30-33(41-34(40-30)19-9-4-10-20-34)32(31)39-22-25-13-7-3-8-14-25/h2-3,5-8,11-18,28-33,35H,4,9-10,19-23H2,1H3/t28-,29-,30-,31+,32-,33-/m1/s1. The topological polar surface area (TPSA) is 75.6 Å².